The van der Waals surface area contributed by atoms with E-state index in [0.29, 0.717) is 0 Å². The van der Waals surface area contributed by atoms with Crippen LogP contribution >= 0.6 is 0 Å². The molecule has 0 aliphatic carbocycles. The summed E-state index contributed by atoms with van der Waals surface area (Å²) in [5.74, 6) is -3.71. The number of hydrogen-bond donors (Lipinski definition) is 2. The lowest BCUT2D eigenvalue weighted by atomic mass is 9.76. The van der Waals surface area contributed by atoms with E-state index in [0.717, 1.165) is 22.3 Å². The molecule has 2 aliphatic heterocycles. The summed E-state index contributed by atoms with van der Waals surface area (Å²) in [6, 6.07) is 26.4. The summed E-state index contributed by atoms with van der Waals surface area (Å²) in [6.45, 7) is 5.42. The van der Waals surface area contributed by atoms with Crippen molar-refractivity contribution in [2.75, 3.05) is 0 Å². The number of carboxylic acids is 1. The number of aliphatic carboxylic acids is 1. The maximum Gasteiger partial charge on any atom is 0.325 e. The minimum atomic E-state index is -1.62. The first-order chi connectivity index (χ1) is 18.1. The number of likely N-dealkylation sites (tertiary alicyclic amines) is 1. The predicted octanol–water partition coefficient (Wildman–Crippen LogP) is 4.97. The third kappa shape index (κ3) is 4.45. The molecule has 4 unspecified atom stereocenters. The van der Waals surface area contributed by atoms with E-state index in [9.17, 15) is 19.5 Å². The Kier molecular flexibility index (Phi) is 6.53. The Labute approximate surface area is 223 Å². The van der Waals surface area contributed by atoms with Crippen LogP contribution in [0.4, 0.5) is 0 Å². The highest BCUT2D eigenvalue weighted by molar-refractivity contribution is 6.10. The molecular formula is C32H32N2O4. The van der Waals surface area contributed by atoms with Crippen molar-refractivity contribution < 1.29 is 19.5 Å². The molecule has 2 amide bonds. The first kappa shape index (κ1) is 25.6. The largest absolute Gasteiger partial charge is 0.480 e. The van der Waals surface area contributed by atoms with E-state index < -0.39 is 40.8 Å². The third-order valence-electron chi connectivity index (χ3n) is 7.60. The molecule has 0 spiro atoms. The van der Waals surface area contributed by atoms with Crippen molar-refractivity contribution in [3.8, 4) is 0 Å². The maximum absolute atomic E-state index is 13.8. The summed E-state index contributed by atoms with van der Waals surface area (Å²) in [5, 5.41) is 13.9. The molecule has 2 heterocycles. The fourth-order valence-corrected chi connectivity index (χ4v) is 5.87. The molecule has 0 aromatic heterocycles. The number of nitrogens with zero attached hydrogens (tertiary/aromatic N) is 1. The number of amides is 2. The predicted molar refractivity (Wildman–Crippen MR) is 147 cm³/mol. The summed E-state index contributed by atoms with van der Waals surface area (Å²) in [6.07, 6.45) is 4.12. The number of imide groups is 1. The number of rotatable bonds is 6. The average molecular weight is 509 g/mol. The molecule has 0 radical (unpaired) electrons. The zero-order valence-corrected chi connectivity index (χ0v) is 21.8. The smallest absolute Gasteiger partial charge is 0.325 e. The Bertz CT molecular complexity index is 1380. The monoisotopic (exact) mass is 508 g/mol. The highest BCUT2D eigenvalue weighted by Crippen LogP contribution is 2.51. The van der Waals surface area contributed by atoms with Crippen LogP contribution in [0.25, 0.3) is 12.2 Å². The van der Waals surface area contributed by atoms with Crippen LogP contribution in [0.1, 0.15) is 49.1 Å². The van der Waals surface area contributed by atoms with Gasteiger partial charge in [-0.25, -0.2) is 0 Å². The summed E-state index contributed by atoms with van der Waals surface area (Å²) in [5.41, 5.74) is 1.26. The van der Waals surface area contributed by atoms with Gasteiger partial charge < -0.3 is 5.11 Å². The lowest BCUT2D eigenvalue weighted by molar-refractivity contribution is -0.153. The van der Waals surface area contributed by atoms with Crippen molar-refractivity contribution in [2.24, 2.45) is 11.8 Å². The molecule has 2 fully saturated rings. The van der Waals surface area contributed by atoms with E-state index in [1.165, 1.54) is 4.90 Å². The molecule has 6 heteroatoms. The van der Waals surface area contributed by atoms with Gasteiger partial charge in [0.1, 0.15) is 5.54 Å². The highest BCUT2D eigenvalue weighted by Gasteiger charge is 2.69. The normalized spacial score (nSPS) is 25.2. The molecule has 194 valence electrons. The van der Waals surface area contributed by atoms with Crippen molar-refractivity contribution >= 4 is 29.9 Å². The SMILES string of the molecule is CC(C)(C)N1C(=O)C2C(c3ccc(C=Cc4ccccc4)cc3)NC(Cc3ccccc3)(C(=O)O)C2C1=O. The van der Waals surface area contributed by atoms with Gasteiger partial charge in [0.25, 0.3) is 0 Å². The molecule has 2 N–H and O–H groups in total. The summed E-state index contributed by atoms with van der Waals surface area (Å²) >= 11 is 0. The maximum atomic E-state index is 13.8. The van der Waals surface area contributed by atoms with E-state index in [-0.39, 0.29) is 12.3 Å². The number of nitrogens with one attached hydrogen (secondary N) is 1. The average Bonchev–Trinajstić information content (AvgIpc) is 3.38. The van der Waals surface area contributed by atoms with Gasteiger partial charge in [-0.3, -0.25) is 24.6 Å². The Morgan fingerprint density at radius 2 is 1.42 bits per heavy atom. The zero-order chi connectivity index (χ0) is 27.1. The zero-order valence-electron chi connectivity index (χ0n) is 21.8. The number of carbonyl (C=O) groups is 3. The molecule has 6 nitrogen and oxygen atoms in total. The van der Waals surface area contributed by atoms with Crippen molar-refractivity contribution in [3.63, 3.8) is 0 Å². The highest BCUT2D eigenvalue weighted by atomic mass is 16.4. The van der Waals surface area contributed by atoms with Crippen LogP contribution < -0.4 is 5.32 Å². The molecule has 0 bridgehead atoms. The fourth-order valence-electron chi connectivity index (χ4n) is 5.87. The molecule has 2 aliphatic rings. The van der Waals surface area contributed by atoms with E-state index >= 15 is 0 Å². The quantitative estimate of drug-likeness (QED) is 0.363. The van der Waals surface area contributed by atoms with Crippen LogP contribution in [-0.4, -0.2) is 38.9 Å². The molecule has 38 heavy (non-hydrogen) atoms. The Morgan fingerprint density at radius 3 is 1.97 bits per heavy atom. The van der Waals surface area contributed by atoms with Crippen molar-refractivity contribution in [1.82, 2.24) is 10.2 Å². The van der Waals surface area contributed by atoms with Crippen LogP contribution in [-0.2, 0) is 20.8 Å². The minimum absolute atomic E-state index is 0.0930. The number of benzene rings is 3. The summed E-state index contributed by atoms with van der Waals surface area (Å²) < 4.78 is 0. The number of carboxylic acid groups (broad SMARTS) is 1. The topological polar surface area (TPSA) is 86.7 Å². The molecule has 5 rings (SSSR count). The minimum Gasteiger partial charge on any atom is -0.480 e. The molecule has 0 saturated carbocycles. The van der Waals surface area contributed by atoms with E-state index in [4.69, 9.17) is 0 Å². The standard InChI is InChI=1S/C32H32N2O4/c1-31(2,3)34-28(35)25-26(29(34)36)32(30(37)38,20-23-12-8-5-9-13-23)33-27(25)24-18-16-22(17-19-24)15-14-21-10-6-4-7-11-21/h4-19,25-27,33H,20H2,1-3H3,(H,37,38). The van der Waals surface area contributed by atoms with Crippen LogP contribution in [0.5, 0.6) is 0 Å². The Morgan fingerprint density at radius 1 is 0.868 bits per heavy atom. The Hall–Kier alpha value is -4.03. The van der Waals surface area contributed by atoms with Crippen molar-refractivity contribution in [3.05, 3.63) is 107 Å². The van der Waals surface area contributed by atoms with Gasteiger partial charge in [-0.15, -0.1) is 0 Å². The van der Waals surface area contributed by atoms with Crippen LogP contribution in [0.3, 0.4) is 0 Å². The summed E-state index contributed by atoms with van der Waals surface area (Å²) in [7, 11) is 0. The van der Waals surface area contributed by atoms with Crippen LogP contribution in [0.2, 0.25) is 0 Å². The Balaban J connectivity index is 1.54. The third-order valence-corrected chi connectivity index (χ3v) is 7.60. The van der Waals surface area contributed by atoms with Gasteiger partial charge in [-0.05, 0) is 43.0 Å². The van der Waals surface area contributed by atoms with Gasteiger partial charge in [0, 0.05) is 18.0 Å². The van der Waals surface area contributed by atoms with Crippen molar-refractivity contribution in [2.45, 2.75) is 44.3 Å². The second kappa shape index (κ2) is 9.69. The number of fused-ring (bicyclic) bond motifs is 1. The van der Waals surface area contributed by atoms with Gasteiger partial charge in [0.15, 0.2) is 0 Å². The fraction of sp³-hybridized carbons (Fsp3) is 0.281. The lowest BCUT2D eigenvalue weighted by Gasteiger charge is -2.35. The van der Waals surface area contributed by atoms with Gasteiger partial charge in [0.05, 0.1) is 11.8 Å². The number of hydrogen-bond acceptors (Lipinski definition) is 4. The molecule has 3 aromatic carbocycles. The number of carbonyl (C=O) groups excluding carboxylic acids is 2. The summed E-state index contributed by atoms with van der Waals surface area (Å²) in [4.78, 5) is 41.8. The van der Waals surface area contributed by atoms with Crippen LogP contribution in [0.15, 0.2) is 84.9 Å². The van der Waals surface area contributed by atoms with Crippen molar-refractivity contribution in [1.29, 1.82) is 0 Å². The lowest BCUT2D eigenvalue weighted by Crippen LogP contribution is -2.58. The molecule has 2 saturated heterocycles. The van der Waals surface area contributed by atoms with Gasteiger partial charge in [-0.1, -0.05) is 97.1 Å². The van der Waals surface area contributed by atoms with E-state index in [1.54, 1.807) is 20.8 Å². The van der Waals surface area contributed by atoms with Crippen LogP contribution in [0, 0.1) is 11.8 Å². The second-order valence-corrected chi connectivity index (χ2v) is 11.2. The molecule has 3 aromatic rings. The van der Waals surface area contributed by atoms with Gasteiger partial charge in [-0.2, -0.15) is 0 Å². The van der Waals surface area contributed by atoms with Gasteiger partial charge in [0.2, 0.25) is 11.8 Å². The first-order valence-electron chi connectivity index (χ1n) is 12.9. The first-order valence-corrected chi connectivity index (χ1v) is 12.9. The molecular weight excluding hydrogens is 476 g/mol. The molecule has 4 atom stereocenters. The van der Waals surface area contributed by atoms with E-state index in [1.807, 2.05) is 97.1 Å². The van der Waals surface area contributed by atoms with E-state index in [2.05, 4.69) is 5.32 Å². The second-order valence-electron chi connectivity index (χ2n) is 11.2. The van der Waals surface area contributed by atoms with Gasteiger partial charge >= 0.3 is 5.97 Å².